The molecule has 0 aromatic heterocycles. The molecule has 0 aromatic rings. The van der Waals surface area contributed by atoms with Crippen molar-refractivity contribution in [1.29, 1.82) is 0 Å². The van der Waals surface area contributed by atoms with Crippen LogP contribution in [-0.2, 0) is 0 Å². The fourth-order valence-corrected chi connectivity index (χ4v) is 0.448. The lowest BCUT2D eigenvalue weighted by Crippen LogP contribution is -2.21. The van der Waals surface area contributed by atoms with Crippen molar-refractivity contribution in [2.45, 2.75) is 18.9 Å². The largest absolute Gasteiger partial charge is 0.340 e. The number of nitrogens with one attached hydrogen (secondary N) is 1. The van der Waals surface area contributed by atoms with E-state index < -0.39 is 0 Å². The standard InChI is InChI=1S/C5H8N2O/c1-6-5(8)7-4-2-3-4/h4H,1-3H2,(H,7,8). The lowest BCUT2D eigenvalue weighted by Gasteiger charge is -1.92. The van der Waals surface area contributed by atoms with Crippen molar-refractivity contribution in [3.05, 3.63) is 0 Å². The molecule has 0 atom stereocenters. The predicted molar refractivity (Wildman–Crippen MR) is 31.1 cm³/mol. The summed E-state index contributed by atoms with van der Waals surface area (Å²) in [5, 5.41) is 2.64. The zero-order valence-corrected chi connectivity index (χ0v) is 4.55. The van der Waals surface area contributed by atoms with E-state index in [0.717, 1.165) is 12.8 Å². The molecule has 1 aliphatic carbocycles. The zero-order valence-electron chi connectivity index (χ0n) is 4.55. The Bertz CT molecular complexity index is 118. The van der Waals surface area contributed by atoms with Crippen LogP contribution in [-0.4, -0.2) is 18.8 Å². The van der Waals surface area contributed by atoms with E-state index in [9.17, 15) is 4.79 Å². The molecule has 1 saturated carbocycles. The summed E-state index contributed by atoms with van der Waals surface area (Å²) in [5.74, 6) is 0. The first kappa shape index (κ1) is 5.28. The van der Waals surface area contributed by atoms with E-state index in [4.69, 9.17) is 0 Å². The van der Waals surface area contributed by atoms with Crippen LogP contribution in [0.1, 0.15) is 12.8 Å². The molecule has 3 nitrogen and oxygen atoms in total. The van der Waals surface area contributed by atoms with Crippen molar-refractivity contribution in [3.63, 3.8) is 0 Å². The molecule has 44 valence electrons. The van der Waals surface area contributed by atoms with E-state index in [1.165, 1.54) is 0 Å². The summed E-state index contributed by atoms with van der Waals surface area (Å²) in [4.78, 5) is 13.5. The molecule has 0 unspecified atom stereocenters. The summed E-state index contributed by atoms with van der Waals surface area (Å²) in [6.07, 6.45) is 2.20. The number of urea groups is 1. The van der Waals surface area contributed by atoms with E-state index in [-0.39, 0.29) is 6.03 Å². The van der Waals surface area contributed by atoms with Gasteiger partial charge >= 0.3 is 6.03 Å². The minimum atomic E-state index is -0.299. The third-order valence-electron chi connectivity index (χ3n) is 1.05. The molecule has 1 N–H and O–H groups in total. The van der Waals surface area contributed by atoms with Crippen LogP contribution in [0.3, 0.4) is 0 Å². The molecule has 8 heavy (non-hydrogen) atoms. The summed E-state index contributed by atoms with van der Waals surface area (Å²) < 4.78 is 0. The average Bonchev–Trinajstić information content (AvgIpc) is 2.50. The highest BCUT2D eigenvalue weighted by Crippen LogP contribution is 2.18. The molecule has 1 fully saturated rings. The molecule has 2 amide bonds. The summed E-state index contributed by atoms with van der Waals surface area (Å²) in [6, 6.07) is 0.0977. The monoisotopic (exact) mass is 112 g/mol. The fourth-order valence-electron chi connectivity index (χ4n) is 0.448. The number of hydrogen-bond acceptors (Lipinski definition) is 1. The Morgan fingerprint density at radius 1 is 1.75 bits per heavy atom. The van der Waals surface area contributed by atoms with Crippen LogP contribution in [0.5, 0.6) is 0 Å². The van der Waals surface area contributed by atoms with Crippen molar-refractivity contribution >= 4 is 12.7 Å². The summed E-state index contributed by atoms with van der Waals surface area (Å²) in [6.45, 7) is 3.08. The number of aliphatic imine (C=N–C) groups is 1. The van der Waals surface area contributed by atoms with E-state index in [1.807, 2.05) is 0 Å². The summed E-state index contributed by atoms with van der Waals surface area (Å²) in [5.41, 5.74) is 0. The van der Waals surface area contributed by atoms with Gasteiger partial charge in [-0.05, 0) is 19.6 Å². The molecule has 0 radical (unpaired) electrons. The number of carbonyl (C=O) groups excluding carboxylic acids is 1. The number of rotatable bonds is 1. The first-order chi connectivity index (χ1) is 3.83. The zero-order chi connectivity index (χ0) is 5.98. The number of hydrogen-bond donors (Lipinski definition) is 1. The van der Waals surface area contributed by atoms with Gasteiger partial charge in [-0.1, -0.05) is 0 Å². The molecule has 3 heteroatoms. The quantitative estimate of drug-likeness (QED) is 0.495. The van der Waals surface area contributed by atoms with Crippen LogP contribution in [0.15, 0.2) is 4.99 Å². The van der Waals surface area contributed by atoms with E-state index in [1.54, 1.807) is 0 Å². The van der Waals surface area contributed by atoms with Crippen molar-refractivity contribution in [3.8, 4) is 0 Å². The molecular weight excluding hydrogens is 104 g/mol. The SMILES string of the molecule is C=NC(=O)NC1CC1. The maximum atomic E-state index is 10.3. The first-order valence-corrected chi connectivity index (χ1v) is 2.60. The van der Waals surface area contributed by atoms with Crippen LogP contribution in [0, 0.1) is 0 Å². The number of carbonyl (C=O) groups is 1. The lowest BCUT2D eigenvalue weighted by atomic mass is 10.7. The van der Waals surface area contributed by atoms with Gasteiger partial charge in [-0.2, -0.15) is 0 Å². The third-order valence-corrected chi connectivity index (χ3v) is 1.05. The van der Waals surface area contributed by atoms with Crippen molar-refractivity contribution in [1.82, 2.24) is 5.32 Å². The lowest BCUT2D eigenvalue weighted by molar-refractivity contribution is 0.249. The molecule has 0 spiro atoms. The van der Waals surface area contributed by atoms with Crippen LogP contribution < -0.4 is 5.32 Å². The molecule has 0 aliphatic heterocycles. The highest BCUT2D eigenvalue weighted by atomic mass is 16.2. The van der Waals surface area contributed by atoms with Gasteiger partial charge in [0, 0.05) is 6.04 Å². The molecule has 0 aromatic carbocycles. The highest BCUT2D eigenvalue weighted by Gasteiger charge is 2.22. The second-order valence-corrected chi connectivity index (χ2v) is 1.88. The Morgan fingerprint density at radius 2 is 2.38 bits per heavy atom. The minimum absolute atomic E-state index is 0.299. The molecule has 0 bridgehead atoms. The van der Waals surface area contributed by atoms with Gasteiger partial charge in [-0.15, -0.1) is 0 Å². The molecule has 0 saturated heterocycles. The van der Waals surface area contributed by atoms with Crippen molar-refractivity contribution in [2.75, 3.05) is 0 Å². The molecule has 0 heterocycles. The Kier molecular flexibility index (Phi) is 1.28. The van der Waals surface area contributed by atoms with Crippen LogP contribution in [0.25, 0.3) is 0 Å². The first-order valence-electron chi connectivity index (χ1n) is 2.60. The van der Waals surface area contributed by atoms with E-state index in [2.05, 4.69) is 17.0 Å². The Labute approximate surface area is 47.8 Å². The molecule has 1 rings (SSSR count). The van der Waals surface area contributed by atoms with Gasteiger partial charge in [0.2, 0.25) is 0 Å². The Morgan fingerprint density at radius 3 is 2.75 bits per heavy atom. The third kappa shape index (κ3) is 1.33. The normalized spacial score (nSPS) is 17.5. The van der Waals surface area contributed by atoms with Crippen LogP contribution >= 0.6 is 0 Å². The van der Waals surface area contributed by atoms with Crippen LogP contribution in [0.2, 0.25) is 0 Å². The van der Waals surface area contributed by atoms with Gasteiger partial charge in [0.05, 0.1) is 0 Å². The van der Waals surface area contributed by atoms with Crippen molar-refractivity contribution in [2.24, 2.45) is 4.99 Å². The van der Waals surface area contributed by atoms with Crippen molar-refractivity contribution < 1.29 is 4.79 Å². The number of nitrogens with zero attached hydrogens (tertiary/aromatic N) is 1. The maximum Gasteiger partial charge on any atom is 0.340 e. The predicted octanol–water partition coefficient (Wildman–Crippen LogP) is 0.559. The maximum absolute atomic E-state index is 10.3. The summed E-state index contributed by atoms with van der Waals surface area (Å²) >= 11 is 0. The van der Waals surface area contributed by atoms with Gasteiger partial charge in [0.15, 0.2) is 0 Å². The van der Waals surface area contributed by atoms with Gasteiger partial charge in [-0.25, -0.2) is 9.79 Å². The van der Waals surface area contributed by atoms with Gasteiger partial charge in [-0.3, -0.25) is 0 Å². The van der Waals surface area contributed by atoms with Gasteiger partial charge in [0.25, 0.3) is 0 Å². The van der Waals surface area contributed by atoms with Gasteiger partial charge < -0.3 is 5.32 Å². The fraction of sp³-hybridized carbons (Fsp3) is 0.600. The van der Waals surface area contributed by atoms with Gasteiger partial charge in [0.1, 0.15) is 0 Å². The summed E-state index contributed by atoms with van der Waals surface area (Å²) in [7, 11) is 0. The number of amides is 2. The van der Waals surface area contributed by atoms with Crippen LogP contribution in [0.4, 0.5) is 4.79 Å². The second kappa shape index (κ2) is 1.94. The van der Waals surface area contributed by atoms with E-state index in [0.29, 0.717) is 6.04 Å². The topological polar surface area (TPSA) is 41.5 Å². The molecule has 1 aliphatic rings. The highest BCUT2D eigenvalue weighted by molar-refractivity contribution is 5.79. The minimum Gasteiger partial charge on any atom is -0.334 e. The smallest absolute Gasteiger partial charge is 0.334 e. The van der Waals surface area contributed by atoms with E-state index >= 15 is 0 Å². The Balaban J connectivity index is 2.16. The molecular formula is C5H8N2O. The average molecular weight is 112 g/mol. The Hall–Kier alpha value is -0.860. The second-order valence-electron chi connectivity index (χ2n) is 1.88.